The van der Waals surface area contributed by atoms with Crippen LogP contribution in [0.25, 0.3) is 0 Å². The minimum absolute atomic E-state index is 0.0209. The number of nitrogens with zero attached hydrogens (tertiary/aromatic N) is 1. The first-order valence-corrected chi connectivity index (χ1v) is 7.51. The zero-order valence-corrected chi connectivity index (χ0v) is 12.0. The van der Waals surface area contributed by atoms with E-state index in [0.29, 0.717) is 12.8 Å². The summed E-state index contributed by atoms with van der Waals surface area (Å²) in [7, 11) is 0. The Balaban J connectivity index is 2.15. The Labute approximate surface area is 115 Å². The van der Waals surface area contributed by atoms with Crippen LogP contribution in [-0.2, 0) is 9.59 Å². The van der Waals surface area contributed by atoms with Crippen molar-refractivity contribution in [1.29, 1.82) is 0 Å². The molecule has 1 N–H and O–H groups in total. The molecule has 0 bridgehead atoms. The largest absolute Gasteiger partial charge is 0.393 e. The highest BCUT2D eigenvalue weighted by molar-refractivity contribution is 6.06. The van der Waals surface area contributed by atoms with Gasteiger partial charge in [-0.3, -0.25) is 14.5 Å². The van der Waals surface area contributed by atoms with Gasteiger partial charge < -0.3 is 5.11 Å². The van der Waals surface area contributed by atoms with Gasteiger partial charge in [-0.2, -0.15) is 0 Å². The van der Waals surface area contributed by atoms with Gasteiger partial charge in [-0.1, -0.05) is 25.7 Å². The molecule has 4 heteroatoms. The van der Waals surface area contributed by atoms with Crippen molar-refractivity contribution < 1.29 is 14.7 Å². The molecule has 19 heavy (non-hydrogen) atoms. The maximum atomic E-state index is 12.7. The van der Waals surface area contributed by atoms with E-state index in [0.717, 1.165) is 25.7 Å². The van der Waals surface area contributed by atoms with Crippen LogP contribution in [0.3, 0.4) is 0 Å². The summed E-state index contributed by atoms with van der Waals surface area (Å²) in [5.74, 6) is -0.0207. The molecule has 2 amide bonds. The molecule has 1 spiro atoms. The van der Waals surface area contributed by atoms with E-state index in [2.05, 4.69) is 0 Å². The molecule has 2 atom stereocenters. The van der Waals surface area contributed by atoms with Crippen molar-refractivity contribution in [2.24, 2.45) is 5.41 Å². The van der Waals surface area contributed by atoms with Crippen molar-refractivity contribution in [3.05, 3.63) is 0 Å². The quantitative estimate of drug-likeness (QED) is 0.798. The number of likely N-dealkylation sites (tertiary alicyclic amines) is 1. The smallest absolute Gasteiger partial charge is 0.236 e. The van der Waals surface area contributed by atoms with Crippen molar-refractivity contribution in [3.63, 3.8) is 0 Å². The highest BCUT2D eigenvalue weighted by Gasteiger charge is 2.52. The summed E-state index contributed by atoms with van der Waals surface area (Å²) in [5, 5.41) is 9.45. The van der Waals surface area contributed by atoms with Crippen LogP contribution >= 0.6 is 0 Å². The van der Waals surface area contributed by atoms with Crippen LogP contribution < -0.4 is 0 Å². The van der Waals surface area contributed by atoms with Gasteiger partial charge in [0, 0.05) is 12.5 Å². The van der Waals surface area contributed by atoms with Crippen LogP contribution in [0.2, 0.25) is 0 Å². The number of imide groups is 1. The van der Waals surface area contributed by atoms with Crippen molar-refractivity contribution in [1.82, 2.24) is 4.90 Å². The van der Waals surface area contributed by atoms with Gasteiger partial charge >= 0.3 is 0 Å². The molecule has 1 heterocycles. The molecule has 1 aliphatic heterocycles. The average molecular weight is 267 g/mol. The van der Waals surface area contributed by atoms with E-state index in [1.54, 1.807) is 6.92 Å². The van der Waals surface area contributed by atoms with Gasteiger partial charge in [-0.15, -0.1) is 0 Å². The standard InChI is InChI=1S/C15H25NO3/c1-11(9-12(2)17)16-13(18)10-15(14(16)19)7-5-3-4-6-8-15/h11-12,17H,3-10H2,1-2H3. The summed E-state index contributed by atoms with van der Waals surface area (Å²) in [5.41, 5.74) is -0.416. The summed E-state index contributed by atoms with van der Waals surface area (Å²) in [6, 6.07) is -0.192. The molecule has 108 valence electrons. The molecular formula is C15H25NO3. The second-order valence-corrected chi connectivity index (χ2v) is 6.37. The Morgan fingerprint density at radius 3 is 2.26 bits per heavy atom. The number of carbonyl (C=O) groups is 2. The van der Waals surface area contributed by atoms with E-state index in [1.165, 1.54) is 17.7 Å². The lowest BCUT2D eigenvalue weighted by atomic mass is 9.79. The molecule has 1 saturated carbocycles. The maximum Gasteiger partial charge on any atom is 0.236 e. The Kier molecular flexibility index (Phi) is 4.29. The van der Waals surface area contributed by atoms with Gasteiger partial charge in [-0.05, 0) is 33.1 Å². The summed E-state index contributed by atoms with van der Waals surface area (Å²) >= 11 is 0. The van der Waals surface area contributed by atoms with Crippen LogP contribution in [0.5, 0.6) is 0 Å². The number of aliphatic hydroxyl groups excluding tert-OH is 1. The fraction of sp³-hybridized carbons (Fsp3) is 0.867. The highest BCUT2D eigenvalue weighted by Crippen LogP contribution is 2.45. The third-order valence-electron chi connectivity index (χ3n) is 4.61. The number of amides is 2. The van der Waals surface area contributed by atoms with Gasteiger partial charge in [0.25, 0.3) is 0 Å². The predicted molar refractivity (Wildman–Crippen MR) is 72.4 cm³/mol. The normalized spacial score (nSPS) is 26.6. The van der Waals surface area contributed by atoms with Crippen molar-refractivity contribution in [2.75, 3.05) is 0 Å². The van der Waals surface area contributed by atoms with Gasteiger partial charge in [-0.25, -0.2) is 0 Å². The molecule has 0 aromatic rings. The average Bonchev–Trinajstić information content (AvgIpc) is 2.49. The van der Waals surface area contributed by atoms with Crippen LogP contribution in [0.1, 0.15) is 65.2 Å². The van der Waals surface area contributed by atoms with E-state index >= 15 is 0 Å². The summed E-state index contributed by atoms with van der Waals surface area (Å²) in [6.45, 7) is 3.56. The first-order chi connectivity index (χ1) is 8.96. The molecule has 2 unspecified atom stereocenters. The lowest BCUT2D eigenvalue weighted by Gasteiger charge is -2.28. The molecule has 4 nitrogen and oxygen atoms in total. The summed E-state index contributed by atoms with van der Waals surface area (Å²) in [6.07, 6.45) is 6.53. The van der Waals surface area contributed by atoms with Crippen molar-refractivity contribution >= 4 is 11.8 Å². The van der Waals surface area contributed by atoms with E-state index < -0.39 is 11.5 Å². The highest BCUT2D eigenvalue weighted by atomic mass is 16.3. The molecule has 2 fully saturated rings. The SMILES string of the molecule is CC(O)CC(C)N1C(=O)CC2(CCCCCC2)C1=O. The van der Waals surface area contributed by atoms with E-state index in [4.69, 9.17) is 0 Å². The summed E-state index contributed by atoms with van der Waals surface area (Å²) in [4.78, 5) is 26.3. The maximum absolute atomic E-state index is 12.7. The number of carbonyl (C=O) groups excluding carboxylic acids is 2. The Morgan fingerprint density at radius 2 is 1.74 bits per heavy atom. The molecule has 1 saturated heterocycles. The first kappa shape index (κ1) is 14.5. The molecule has 1 aliphatic carbocycles. The van der Waals surface area contributed by atoms with Crippen LogP contribution in [0, 0.1) is 5.41 Å². The van der Waals surface area contributed by atoms with Crippen LogP contribution in [0.15, 0.2) is 0 Å². The summed E-state index contributed by atoms with van der Waals surface area (Å²) < 4.78 is 0. The number of hydrogen-bond acceptors (Lipinski definition) is 3. The fourth-order valence-corrected chi connectivity index (χ4v) is 3.66. The van der Waals surface area contributed by atoms with Crippen LogP contribution in [0.4, 0.5) is 0 Å². The molecule has 0 aromatic carbocycles. The van der Waals surface area contributed by atoms with Crippen LogP contribution in [-0.4, -0.2) is 34.0 Å². The Morgan fingerprint density at radius 1 is 1.16 bits per heavy atom. The zero-order chi connectivity index (χ0) is 14.0. The molecule has 0 radical (unpaired) electrons. The third-order valence-corrected chi connectivity index (χ3v) is 4.61. The number of aliphatic hydroxyl groups is 1. The fourth-order valence-electron chi connectivity index (χ4n) is 3.66. The molecule has 2 aliphatic rings. The third kappa shape index (κ3) is 2.83. The number of hydrogen-bond donors (Lipinski definition) is 1. The molecule has 0 aromatic heterocycles. The lowest BCUT2D eigenvalue weighted by molar-refractivity contribution is -0.144. The monoisotopic (exact) mass is 267 g/mol. The van der Waals surface area contributed by atoms with Gasteiger partial charge in [0.05, 0.1) is 11.5 Å². The van der Waals surface area contributed by atoms with Gasteiger partial charge in [0.2, 0.25) is 11.8 Å². The minimum atomic E-state index is -0.485. The van der Waals surface area contributed by atoms with Gasteiger partial charge in [0.1, 0.15) is 0 Å². The Bertz CT molecular complexity index is 356. The Hall–Kier alpha value is -0.900. The minimum Gasteiger partial charge on any atom is -0.393 e. The second kappa shape index (κ2) is 5.61. The number of rotatable bonds is 3. The second-order valence-electron chi connectivity index (χ2n) is 6.37. The molecular weight excluding hydrogens is 242 g/mol. The topological polar surface area (TPSA) is 57.6 Å². The first-order valence-electron chi connectivity index (χ1n) is 7.51. The zero-order valence-electron chi connectivity index (χ0n) is 12.0. The molecule has 2 rings (SSSR count). The predicted octanol–water partition coefficient (Wildman–Crippen LogP) is 2.25. The van der Waals surface area contributed by atoms with Crippen molar-refractivity contribution in [2.45, 2.75) is 77.4 Å². The van der Waals surface area contributed by atoms with E-state index in [-0.39, 0.29) is 17.9 Å². The van der Waals surface area contributed by atoms with Crippen molar-refractivity contribution in [3.8, 4) is 0 Å². The van der Waals surface area contributed by atoms with E-state index in [9.17, 15) is 14.7 Å². The van der Waals surface area contributed by atoms with Gasteiger partial charge in [0.15, 0.2) is 0 Å². The lowest BCUT2D eigenvalue weighted by Crippen LogP contribution is -2.42. The van der Waals surface area contributed by atoms with E-state index in [1.807, 2.05) is 6.92 Å².